The lowest BCUT2D eigenvalue weighted by Gasteiger charge is -2.75. The summed E-state index contributed by atoms with van der Waals surface area (Å²) in [7, 11) is 0. The Bertz CT molecular complexity index is 1070. The number of carboxylic acid groups (broad SMARTS) is 1. The fourth-order valence-electron chi connectivity index (χ4n) is 9.66. The van der Waals surface area contributed by atoms with Crippen LogP contribution in [0.1, 0.15) is 99.3 Å². The number of carboxylic acids is 1. The van der Waals surface area contributed by atoms with Crippen molar-refractivity contribution in [1.82, 2.24) is 0 Å². The first-order valence-electron chi connectivity index (χ1n) is 13.5. The van der Waals surface area contributed by atoms with E-state index < -0.39 is 14.8 Å². The molecule has 3 unspecified atom stereocenters. The summed E-state index contributed by atoms with van der Waals surface area (Å²) < 4.78 is -0.959. The fraction of sp³-hybridized carbons (Fsp3) is 0.862. The maximum Gasteiger partial charge on any atom is 0.309 e. The minimum atomic E-state index is -0.734. The average Bonchev–Trinajstić information content (AvgIpc) is 2.80. The maximum atomic E-state index is 14.7. The Hall–Kier alpha value is 1.03. The van der Waals surface area contributed by atoms with Gasteiger partial charge in [-0.15, -0.1) is 0 Å². The van der Waals surface area contributed by atoms with Crippen molar-refractivity contribution >= 4 is 79.5 Å². The van der Waals surface area contributed by atoms with Gasteiger partial charge in [0.05, 0.1) is 18.4 Å². The second-order valence-electron chi connectivity index (χ2n) is 14.4. The van der Waals surface area contributed by atoms with Gasteiger partial charge in [0.2, 0.25) is 0 Å². The molecule has 2 N–H and O–H groups in total. The highest BCUT2D eigenvalue weighted by atomic mass is 127. The van der Waals surface area contributed by atoms with Gasteiger partial charge in [0.25, 0.3) is 0 Å². The van der Waals surface area contributed by atoms with Crippen LogP contribution in [0.2, 0.25) is 0 Å². The van der Waals surface area contributed by atoms with E-state index >= 15 is 0 Å². The molecule has 0 aromatic carbocycles. The molecule has 4 nitrogen and oxygen atoms in total. The summed E-state index contributed by atoms with van der Waals surface area (Å²) in [5, 5.41) is 21.2. The second kappa shape index (κ2) is 8.07. The number of hydrogen-bond donors (Lipinski definition) is 2. The topological polar surface area (TPSA) is 74.6 Å². The van der Waals surface area contributed by atoms with Crippen molar-refractivity contribution in [2.45, 2.75) is 116 Å². The molecule has 0 aliphatic heterocycles. The van der Waals surface area contributed by atoms with E-state index in [1.807, 2.05) is 13.0 Å². The Morgan fingerprint density at radius 2 is 1.50 bits per heavy atom. The lowest BCUT2D eigenvalue weighted by Crippen LogP contribution is -2.79. The zero-order chi connectivity index (χ0) is 27.0. The second-order valence-corrected chi connectivity index (χ2v) is 19.7. The number of rotatable bonds is 1. The number of allylic oxidation sites excluding steroid dienone is 2. The third-order valence-corrected chi connectivity index (χ3v) is 21.2. The molecule has 0 spiro atoms. The molecule has 0 heterocycles. The zero-order valence-corrected chi connectivity index (χ0v) is 28.9. The molecule has 4 saturated carbocycles. The van der Waals surface area contributed by atoms with E-state index in [0.29, 0.717) is 12.8 Å². The molecular formula is C29H41I3O4. The smallest absolute Gasteiger partial charge is 0.309 e. The van der Waals surface area contributed by atoms with E-state index in [1.165, 1.54) is 5.57 Å². The Balaban J connectivity index is 1.70. The van der Waals surface area contributed by atoms with E-state index in [9.17, 15) is 19.8 Å². The molecule has 0 bridgehead atoms. The summed E-state index contributed by atoms with van der Waals surface area (Å²) in [5.41, 5.74) is -0.245. The van der Waals surface area contributed by atoms with Gasteiger partial charge in [0, 0.05) is 19.7 Å². The van der Waals surface area contributed by atoms with Crippen LogP contribution in [0.25, 0.3) is 0 Å². The highest BCUT2D eigenvalue weighted by Crippen LogP contribution is 2.80. The van der Waals surface area contributed by atoms with Crippen LogP contribution in [0, 0.1) is 33.0 Å². The molecule has 0 aromatic heterocycles. The first-order chi connectivity index (χ1) is 16.3. The Morgan fingerprint density at radius 3 is 2.11 bits per heavy atom. The number of alkyl halides is 3. The lowest BCUT2D eigenvalue weighted by atomic mass is 9.36. The van der Waals surface area contributed by atoms with Crippen molar-refractivity contribution in [3.05, 3.63) is 11.6 Å². The fourth-order valence-corrected chi connectivity index (χ4v) is 15.1. The Morgan fingerprint density at radius 1 is 0.889 bits per heavy atom. The number of halogens is 3. The van der Waals surface area contributed by atoms with Crippen LogP contribution in [-0.2, 0) is 9.59 Å². The zero-order valence-electron chi connectivity index (χ0n) is 22.4. The van der Waals surface area contributed by atoms with E-state index in [2.05, 4.69) is 102 Å². The van der Waals surface area contributed by atoms with Crippen molar-refractivity contribution in [3.8, 4) is 0 Å². The van der Waals surface area contributed by atoms with Gasteiger partial charge in [-0.2, -0.15) is 0 Å². The van der Waals surface area contributed by atoms with Crippen LogP contribution in [0.15, 0.2) is 11.6 Å². The Labute approximate surface area is 257 Å². The lowest BCUT2D eigenvalue weighted by molar-refractivity contribution is -0.156. The molecule has 202 valence electrons. The maximum absolute atomic E-state index is 14.7. The van der Waals surface area contributed by atoms with Crippen LogP contribution >= 0.6 is 67.8 Å². The predicted octanol–water partition coefficient (Wildman–Crippen LogP) is 7.70. The van der Waals surface area contributed by atoms with E-state index in [4.69, 9.17) is 0 Å². The van der Waals surface area contributed by atoms with Gasteiger partial charge in [0.1, 0.15) is 0 Å². The largest absolute Gasteiger partial charge is 0.481 e. The van der Waals surface area contributed by atoms with Crippen molar-refractivity contribution in [3.63, 3.8) is 0 Å². The van der Waals surface area contributed by atoms with E-state index in [1.54, 1.807) is 0 Å². The Kier molecular flexibility index (Phi) is 6.40. The highest BCUT2D eigenvalue weighted by Gasteiger charge is 2.80. The summed E-state index contributed by atoms with van der Waals surface area (Å²) in [6, 6.07) is 0. The van der Waals surface area contributed by atoms with Crippen molar-refractivity contribution in [1.29, 1.82) is 0 Å². The molecule has 9 atom stereocenters. The summed E-state index contributed by atoms with van der Waals surface area (Å²) in [4.78, 5) is 27.0. The molecule has 0 radical (unpaired) electrons. The number of fused-ring (bicyclic) bond motifs is 7. The molecule has 5 rings (SSSR count). The third kappa shape index (κ3) is 3.01. The number of carbonyl (C=O) groups excluding carboxylic acids is 1. The van der Waals surface area contributed by atoms with Crippen LogP contribution in [0.3, 0.4) is 0 Å². The molecule has 36 heavy (non-hydrogen) atoms. The first kappa shape index (κ1) is 28.6. The first-order valence-corrected chi connectivity index (χ1v) is 16.8. The molecule has 5 aliphatic carbocycles. The average molecular weight is 834 g/mol. The standard InChI is InChI=1S/C29H41I3O4/c1-22(2)19(33)7-8-26(6)28(22,31)14-12-25(5)27(30)13-11-23(3)9-10-24(4,21(35)36)16-18(23)17(27)15-20(34)29(25,26)32/h15,18-19,33H,7-14,16H2,1-6H3,(H,35,36)/t18-,19-,23+,24-,25-,26-,27?,28?,29?/m0/s1. The monoisotopic (exact) mass is 834 g/mol. The summed E-state index contributed by atoms with van der Waals surface area (Å²) in [6.45, 7) is 13.4. The number of aliphatic hydroxyl groups excluding tert-OH is 1. The van der Waals surface area contributed by atoms with Crippen LogP contribution in [0.5, 0.6) is 0 Å². The van der Waals surface area contributed by atoms with Crippen molar-refractivity contribution in [2.75, 3.05) is 0 Å². The van der Waals surface area contributed by atoms with Gasteiger partial charge in [-0.25, -0.2) is 0 Å². The van der Waals surface area contributed by atoms with Gasteiger partial charge in [-0.05, 0) is 87.7 Å². The van der Waals surface area contributed by atoms with Crippen LogP contribution in [0.4, 0.5) is 0 Å². The van der Waals surface area contributed by atoms with Crippen molar-refractivity contribution < 1.29 is 19.8 Å². The van der Waals surface area contributed by atoms with E-state index in [-0.39, 0.29) is 46.3 Å². The summed E-state index contributed by atoms with van der Waals surface area (Å²) in [6.07, 6.45) is 9.52. The molecular weight excluding hydrogens is 793 g/mol. The highest BCUT2D eigenvalue weighted by molar-refractivity contribution is 14.1. The third-order valence-electron chi connectivity index (χ3n) is 12.8. The minimum absolute atomic E-state index is 0.0555. The minimum Gasteiger partial charge on any atom is -0.481 e. The summed E-state index contributed by atoms with van der Waals surface area (Å²) >= 11 is 7.96. The van der Waals surface area contributed by atoms with Gasteiger partial charge in [-0.1, -0.05) is 102 Å². The van der Waals surface area contributed by atoms with Gasteiger partial charge < -0.3 is 10.2 Å². The molecule has 0 saturated heterocycles. The quantitative estimate of drug-likeness (QED) is 0.210. The number of aliphatic hydroxyl groups is 1. The molecule has 0 aromatic rings. The van der Waals surface area contributed by atoms with Crippen LogP contribution < -0.4 is 0 Å². The normalized spacial score (nSPS) is 55.9. The number of hydrogen-bond acceptors (Lipinski definition) is 3. The molecule has 0 amide bonds. The van der Waals surface area contributed by atoms with Gasteiger partial charge >= 0.3 is 5.97 Å². The predicted molar refractivity (Wildman–Crippen MR) is 168 cm³/mol. The summed E-state index contributed by atoms with van der Waals surface area (Å²) in [5.74, 6) is -0.340. The molecule has 7 heteroatoms. The van der Waals surface area contributed by atoms with Gasteiger partial charge in [-0.3, -0.25) is 9.59 Å². The number of carbonyl (C=O) groups is 2. The SMILES string of the molecule is CC1(C)[C@@H](O)CC[C@@]2(C)C1(I)CC[C@@]1(C)C3(I)CC[C@@]4(C)CC[C@](C)(C(=O)O)C[C@H]4C3=CC(=O)C12I. The van der Waals surface area contributed by atoms with Gasteiger partial charge in [0.15, 0.2) is 5.78 Å². The number of aliphatic carboxylic acids is 1. The van der Waals surface area contributed by atoms with E-state index in [0.717, 1.165) is 44.9 Å². The molecule has 5 aliphatic rings. The van der Waals surface area contributed by atoms with Crippen LogP contribution in [-0.4, -0.2) is 38.3 Å². The van der Waals surface area contributed by atoms with Crippen molar-refractivity contribution in [2.24, 2.45) is 33.0 Å². The molecule has 4 fully saturated rings. The number of ketones is 1.